The Balaban J connectivity index is 2.92. The van der Waals surface area contributed by atoms with Crippen LogP contribution < -0.4 is 15.7 Å². The first-order valence-electron chi connectivity index (χ1n) is 5.73. The third-order valence-corrected chi connectivity index (χ3v) is 4.03. The normalized spacial score (nSPS) is 10.7. The van der Waals surface area contributed by atoms with Crippen molar-refractivity contribution in [1.82, 2.24) is 0 Å². The van der Waals surface area contributed by atoms with Gasteiger partial charge < -0.3 is 5.11 Å². The summed E-state index contributed by atoms with van der Waals surface area (Å²) in [7, 11) is -3.41. The fourth-order valence-corrected chi connectivity index (χ4v) is 2.73. The summed E-state index contributed by atoms with van der Waals surface area (Å²) in [4.78, 5) is 0.379. The molecule has 104 valence electrons. The monoisotopic (exact) mass is 299 g/mol. The van der Waals surface area contributed by atoms with Gasteiger partial charge in [-0.2, -0.15) is 0 Å². The zero-order chi connectivity index (χ0) is 14.5. The lowest BCUT2D eigenvalue weighted by Gasteiger charge is -2.27. The summed E-state index contributed by atoms with van der Waals surface area (Å²) < 4.78 is 13.4. The molecule has 5 nitrogen and oxygen atoms in total. The molecule has 5 N–H and O–H groups in total. The number of thiol groups is 1. The molecule has 1 rings (SSSR count). The Morgan fingerprint density at radius 1 is 1.47 bits per heavy atom. The van der Waals surface area contributed by atoms with E-state index in [-0.39, 0.29) is 5.75 Å². The van der Waals surface area contributed by atoms with Gasteiger partial charge in [0.2, 0.25) is 0 Å². The zero-order valence-corrected chi connectivity index (χ0v) is 12.5. The molecule has 0 bridgehead atoms. The van der Waals surface area contributed by atoms with E-state index in [1.54, 1.807) is 19.1 Å². The highest BCUT2D eigenvalue weighted by molar-refractivity contribution is 7.80. The van der Waals surface area contributed by atoms with Crippen LogP contribution in [0.4, 0.5) is 5.69 Å². The van der Waals surface area contributed by atoms with E-state index >= 15 is 0 Å². The van der Waals surface area contributed by atoms with Crippen molar-refractivity contribution >= 4 is 25.9 Å². The predicted molar refractivity (Wildman–Crippen MR) is 81.4 cm³/mol. The van der Waals surface area contributed by atoms with Crippen molar-refractivity contribution in [3.05, 3.63) is 18.2 Å². The SMILES string of the molecule is CC#CCCCN(c1ccc(O)c(S)c1)P(N)(N)=O. The average molecular weight is 299 g/mol. The van der Waals surface area contributed by atoms with Gasteiger partial charge in [0.1, 0.15) is 5.75 Å². The molecule has 0 heterocycles. The second kappa shape index (κ2) is 6.88. The van der Waals surface area contributed by atoms with Crippen LogP contribution in [0.2, 0.25) is 0 Å². The van der Waals surface area contributed by atoms with E-state index in [0.717, 1.165) is 0 Å². The maximum absolute atomic E-state index is 11.9. The van der Waals surface area contributed by atoms with E-state index in [4.69, 9.17) is 11.0 Å². The van der Waals surface area contributed by atoms with Gasteiger partial charge in [-0.1, -0.05) is 0 Å². The number of nitrogens with two attached hydrogens (primary N) is 2. The smallest absolute Gasteiger partial charge is 0.300 e. The summed E-state index contributed by atoms with van der Waals surface area (Å²) >= 11 is 4.11. The van der Waals surface area contributed by atoms with Crippen molar-refractivity contribution in [1.29, 1.82) is 0 Å². The van der Waals surface area contributed by atoms with Gasteiger partial charge in [0, 0.05) is 23.5 Å². The number of aromatic hydroxyl groups is 1. The molecular formula is C12H18N3O2PS. The summed E-state index contributed by atoms with van der Waals surface area (Å²) in [5, 5.41) is 9.43. The maximum Gasteiger partial charge on any atom is 0.300 e. The van der Waals surface area contributed by atoms with Crippen molar-refractivity contribution in [2.24, 2.45) is 11.0 Å². The third kappa shape index (κ3) is 4.81. The van der Waals surface area contributed by atoms with Gasteiger partial charge in [-0.3, -0.25) is 20.2 Å². The van der Waals surface area contributed by atoms with Crippen LogP contribution in [0, 0.1) is 11.8 Å². The fraction of sp³-hybridized carbons (Fsp3) is 0.333. The van der Waals surface area contributed by atoms with E-state index in [1.165, 1.54) is 10.7 Å². The first kappa shape index (κ1) is 15.9. The molecule has 0 aromatic heterocycles. The molecular weight excluding hydrogens is 281 g/mol. The molecule has 7 heteroatoms. The number of rotatable bonds is 5. The molecule has 0 radical (unpaired) electrons. The lowest BCUT2D eigenvalue weighted by molar-refractivity contribution is 0.462. The van der Waals surface area contributed by atoms with E-state index in [0.29, 0.717) is 30.0 Å². The van der Waals surface area contributed by atoms with Gasteiger partial charge in [-0.25, -0.2) is 0 Å². The molecule has 0 aliphatic carbocycles. The molecule has 0 saturated heterocycles. The predicted octanol–water partition coefficient (Wildman–Crippen LogP) is 2.32. The minimum Gasteiger partial charge on any atom is -0.507 e. The van der Waals surface area contributed by atoms with Crippen molar-refractivity contribution in [2.45, 2.75) is 24.7 Å². The van der Waals surface area contributed by atoms with Crippen molar-refractivity contribution < 1.29 is 9.67 Å². The molecule has 0 aliphatic heterocycles. The van der Waals surface area contributed by atoms with Crippen LogP contribution in [0.25, 0.3) is 0 Å². The Labute approximate surface area is 118 Å². The number of anilines is 1. The summed E-state index contributed by atoms with van der Waals surface area (Å²) in [6.07, 6.45) is 1.38. The summed E-state index contributed by atoms with van der Waals surface area (Å²) in [5.74, 6) is 5.76. The first-order valence-corrected chi connectivity index (χ1v) is 7.97. The number of benzene rings is 1. The fourth-order valence-electron chi connectivity index (χ4n) is 1.58. The highest BCUT2D eigenvalue weighted by Gasteiger charge is 2.21. The molecule has 0 unspecified atom stereocenters. The van der Waals surface area contributed by atoms with Crippen LogP contribution in [0.15, 0.2) is 23.1 Å². The summed E-state index contributed by atoms with van der Waals surface area (Å²) in [6.45, 7) is 2.19. The summed E-state index contributed by atoms with van der Waals surface area (Å²) in [5.41, 5.74) is 11.7. The van der Waals surface area contributed by atoms with Crippen LogP contribution in [-0.4, -0.2) is 11.7 Å². The molecule has 0 atom stereocenters. The van der Waals surface area contributed by atoms with Crippen LogP contribution in [0.5, 0.6) is 5.75 Å². The highest BCUT2D eigenvalue weighted by Crippen LogP contribution is 2.39. The van der Waals surface area contributed by atoms with Crippen LogP contribution in [-0.2, 0) is 4.57 Å². The minimum atomic E-state index is -3.41. The lowest BCUT2D eigenvalue weighted by Crippen LogP contribution is -2.29. The van der Waals surface area contributed by atoms with Crippen LogP contribution >= 0.6 is 20.2 Å². The van der Waals surface area contributed by atoms with Gasteiger partial charge in [-0.15, -0.1) is 24.5 Å². The van der Waals surface area contributed by atoms with E-state index < -0.39 is 7.59 Å². The van der Waals surface area contributed by atoms with Crippen LogP contribution in [0.3, 0.4) is 0 Å². The minimum absolute atomic E-state index is 0.0489. The number of phenols is 1. The second-order valence-electron chi connectivity index (χ2n) is 4.00. The van der Waals surface area contributed by atoms with Crippen molar-refractivity contribution in [3.63, 3.8) is 0 Å². The Kier molecular flexibility index (Phi) is 5.77. The van der Waals surface area contributed by atoms with Crippen molar-refractivity contribution in [2.75, 3.05) is 11.2 Å². The Bertz CT molecular complexity index is 548. The molecule has 0 saturated carbocycles. The van der Waals surface area contributed by atoms with E-state index in [1.807, 2.05) is 0 Å². The number of hydrogen-bond acceptors (Lipinski definition) is 3. The van der Waals surface area contributed by atoms with Gasteiger partial charge >= 0.3 is 7.59 Å². The van der Waals surface area contributed by atoms with E-state index in [2.05, 4.69) is 24.5 Å². The molecule has 0 aliphatic rings. The number of nitrogens with zero attached hydrogens (tertiary/aromatic N) is 1. The molecule has 0 amide bonds. The molecule has 1 aromatic rings. The third-order valence-electron chi connectivity index (χ3n) is 2.48. The second-order valence-corrected chi connectivity index (χ2v) is 6.31. The van der Waals surface area contributed by atoms with Gasteiger partial charge in [0.15, 0.2) is 0 Å². The molecule has 1 aromatic carbocycles. The highest BCUT2D eigenvalue weighted by atomic mass is 32.1. The maximum atomic E-state index is 11.9. The van der Waals surface area contributed by atoms with E-state index in [9.17, 15) is 9.67 Å². The quantitative estimate of drug-likeness (QED) is 0.290. The lowest BCUT2D eigenvalue weighted by atomic mass is 10.2. The molecule has 0 fully saturated rings. The number of hydrogen-bond donors (Lipinski definition) is 4. The Morgan fingerprint density at radius 3 is 2.68 bits per heavy atom. The Morgan fingerprint density at radius 2 is 2.16 bits per heavy atom. The van der Waals surface area contributed by atoms with Gasteiger partial charge in [0.25, 0.3) is 0 Å². The standard InChI is InChI=1S/C12H18N3O2PS/c1-2-3-4-5-8-15(18(13,14)17)10-6-7-11(16)12(19)9-10/h6-7,9,16,19H,4-5,8H2,1H3,(H4,13,14,17). The zero-order valence-electron chi connectivity index (χ0n) is 10.7. The number of phenolic OH excluding ortho intramolecular Hbond substituents is 1. The van der Waals surface area contributed by atoms with Crippen molar-refractivity contribution in [3.8, 4) is 17.6 Å². The first-order chi connectivity index (χ1) is 8.86. The molecule has 19 heavy (non-hydrogen) atoms. The van der Waals surface area contributed by atoms with Crippen LogP contribution in [0.1, 0.15) is 19.8 Å². The Hall–Kier alpha value is -1.12. The number of unbranched alkanes of at least 4 members (excludes halogenated alkanes) is 1. The van der Waals surface area contributed by atoms with Gasteiger partial charge in [-0.05, 0) is 31.5 Å². The molecule has 0 spiro atoms. The summed E-state index contributed by atoms with van der Waals surface area (Å²) in [6, 6.07) is 4.65. The van der Waals surface area contributed by atoms with Gasteiger partial charge in [0.05, 0.1) is 0 Å². The topological polar surface area (TPSA) is 92.6 Å². The largest absolute Gasteiger partial charge is 0.507 e. The average Bonchev–Trinajstić information content (AvgIpc) is 2.31.